The second kappa shape index (κ2) is 10.3. The lowest BCUT2D eigenvalue weighted by molar-refractivity contribution is -0.135. The van der Waals surface area contributed by atoms with Crippen LogP contribution in [0.4, 0.5) is 5.69 Å². The van der Waals surface area contributed by atoms with Crippen molar-refractivity contribution < 1.29 is 19.1 Å². The fourth-order valence-electron chi connectivity index (χ4n) is 4.26. The summed E-state index contributed by atoms with van der Waals surface area (Å²) in [6.45, 7) is 3.38. The molecule has 3 amide bonds. The predicted octanol–water partition coefficient (Wildman–Crippen LogP) is 2.27. The molecule has 2 aromatic rings. The first-order valence-electron chi connectivity index (χ1n) is 10.9. The monoisotopic (exact) mass is 468 g/mol. The Morgan fingerprint density at radius 1 is 1.15 bits per heavy atom. The van der Waals surface area contributed by atoms with Crippen molar-refractivity contribution in [2.75, 3.05) is 43.7 Å². The van der Waals surface area contributed by atoms with Crippen molar-refractivity contribution in [2.45, 2.75) is 19.0 Å². The van der Waals surface area contributed by atoms with Crippen LogP contribution >= 0.6 is 11.8 Å². The average molecular weight is 469 g/mol. The van der Waals surface area contributed by atoms with Crippen molar-refractivity contribution >= 4 is 35.7 Å². The molecular weight excluding hydrogens is 440 g/mol. The Morgan fingerprint density at radius 3 is 2.55 bits per heavy atom. The van der Waals surface area contributed by atoms with Crippen LogP contribution in [0.3, 0.4) is 0 Å². The number of anilines is 1. The second-order valence-electron chi connectivity index (χ2n) is 8.15. The van der Waals surface area contributed by atoms with Crippen molar-refractivity contribution in [2.24, 2.45) is 0 Å². The molecule has 0 aromatic heterocycles. The topological polar surface area (TPSA) is 91.0 Å². The Bertz CT molecular complexity index is 1020. The number of benzene rings is 2. The van der Waals surface area contributed by atoms with E-state index in [4.69, 9.17) is 4.74 Å². The summed E-state index contributed by atoms with van der Waals surface area (Å²) >= 11 is 1.72. The number of nitrogens with zero attached hydrogens (tertiary/aromatic N) is 2. The summed E-state index contributed by atoms with van der Waals surface area (Å²) in [4.78, 5) is 41.1. The van der Waals surface area contributed by atoms with Crippen LogP contribution in [-0.4, -0.2) is 78.5 Å². The molecule has 2 fully saturated rings. The third-order valence-corrected chi connectivity index (χ3v) is 7.04. The van der Waals surface area contributed by atoms with E-state index in [-0.39, 0.29) is 23.9 Å². The summed E-state index contributed by atoms with van der Waals surface area (Å²) in [5, 5.41) is 5.87. The predicted molar refractivity (Wildman–Crippen MR) is 129 cm³/mol. The summed E-state index contributed by atoms with van der Waals surface area (Å²) in [5.74, 6) is 2.27. The highest BCUT2D eigenvalue weighted by Gasteiger charge is 2.34. The molecule has 33 heavy (non-hydrogen) atoms. The van der Waals surface area contributed by atoms with Gasteiger partial charge in [0.2, 0.25) is 12.3 Å². The van der Waals surface area contributed by atoms with Gasteiger partial charge in [0.05, 0.1) is 24.4 Å². The molecular formula is C24H28N4O4S. The normalized spacial score (nSPS) is 20.4. The highest BCUT2D eigenvalue weighted by molar-refractivity contribution is 7.99. The van der Waals surface area contributed by atoms with E-state index < -0.39 is 0 Å². The Morgan fingerprint density at radius 2 is 1.91 bits per heavy atom. The van der Waals surface area contributed by atoms with Crippen LogP contribution < -0.4 is 15.4 Å². The first-order chi connectivity index (χ1) is 16.0. The largest absolute Gasteiger partial charge is 0.497 e. The van der Waals surface area contributed by atoms with Gasteiger partial charge >= 0.3 is 0 Å². The molecule has 8 nitrogen and oxygen atoms in total. The van der Waals surface area contributed by atoms with E-state index in [1.54, 1.807) is 35.9 Å². The van der Waals surface area contributed by atoms with E-state index in [0.29, 0.717) is 37.3 Å². The quantitative estimate of drug-likeness (QED) is 0.632. The molecule has 0 saturated carbocycles. The molecule has 0 bridgehead atoms. The van der Waals surface area contributed by atoms with Gasteiger partial charge in [-0.05, 0) is 42.3 Å². The first-order valence-corrected chi connectivity index (χ1v) is 12.1. The molecule has 2 saturated heterocycles. The van der Waals surface area contributed by atoms with Gasteiger partial charge < -0.3 is 19.9 Å². The fourth-order valence-corrected chi connectivity index (χ4v) is 5.20. The van der Waals surface area contributed by atoms with Gasteiger partial charge in [-0.25, -0.2) is 0 Å². The van der Waals surface area contributed by atoms with Gasteiger partial charge in [-0.15, -0.1) is 11.8 Å². The minimum atomic E-state index is -0.163. The van der Waals surface area contributed by atoms with Gasteiger partial charge in [-0.3, -0.25) is 19.7 Å². The Kier molecular flexibility index (Phi) is 7.20. The Hall–Kier alpha value is -3.04. The third kappa shape index (κ3) is 4.99. The molecule has 0 radical (unpaired) electrons. The maximum Gasteiger partial charge on any atom is 0.256 e. The average Bonchev–Trinajstić information content (AvgIpc) is 3.39. The van der Waals surface area contributed by atoms with E-state index >= 15 is 0 Å². The van der Waals surface area contributed by atoms with Gasteiger partial charge in [0.15, 0.2) is 0 Å². The molecule has 9 heteroatoms. The highest BCUT2D eigenvalue weighted by Crippen LogP contribution is 2.29. The fraction of sp³-hybridized carbons (Fsp3) is 0.375. The number of piperazine rings is 1. The number of carbonyl (C=O) groups is 3. The number of hydrogen-bond donors (Lipinski definition) is 2. The number of nitrogens with one attached hydrogen (secondary N) is 2. The molecule has 2 atom stereocenters. The molecule has 174 valence electrons. The lowest BCUT2D eigenvalue weighted by atomic mass is 10.00. The van der Waals surface area contributed by atoms with Gasteiger partial charge in [0.25, 0.3) is 5.91 Å². The second-order valence-corrected chi connectivity index (χ2v) is 9.18. The molecule has 1 unspecified atom stereocenters. The number of rotatable bonds is 6. The smallest absolute Gasteiger partial charge is 0.256 e. The van der Waals surface area contributed by atoms with Crippen molar-refractivity contribution in [3.8, 4) is 16.9 Å². The van der Waals surface area contributed by atoms with Crippen molar-refractivity contribution in [1.29, 1.82) is 0 Å². The number of methoxy groups -OCH3 is 1. The van der Waals surface area contributed by atoms with Crippen LogP contribution in [0, 0.1) is 0 Å². The van der Waals surface area contributed by atoms with Gasteiger partial charge in [-0.2, -0.15) is 0 Å². The maximum atomic E-state index is 13.6. The number of amides is 3. The van der Waals surface area contributed by atoms with Crippen molar-refractivity contribution in [3.63, 3.8) is 0 Å². The van der Waals surface area contributed by atoms with Crippen LogP contribution in [0.2, 0.25) is 0 Å². The number of carbonyl (C=O) groups excluding carboxylic acids is 3. The molecule has 2 aromatic carbocycles. The lowest BCUT2D eigenvalue weighted by Gasteiger charge is -2.40. The molecule has 2 aliphatic rings. The minimum absolute atomic E-state index is 0.101. The Labute approximate surface area is 197 Å². The van der Waals surface area contributed by atoms with E-state index in [9.17, 15) is 14.4 Å². The zero-order valence-corrected chi connectivity index (χ0v) is 19.6. The van der Waals surface area contributed by atoms with Crippen molar-refractivity contribution in [3.05, 3.63) is 48.0 Å². The summed E-state index contributed by atoms with van der Waals surface area (Å²) < 4.78 is 5.22. The highest BCUT2D eigenvalue weighted by atomic mass is 32.2. The van der Waals surface area contributed by atoms with E-state index in [1.807, 2.05) is 42.2 Å². The number of thioether (sulfide) groups is 1. The van der Waals surface area contributed by atoms with Crippen LogP contribution in [0.25, 0.3) is 11.1 Å². The zero-order chi connectivity index (χ0) is 23.4. The van der Waals surface area contributed by atoms with Crippen molar-refractivity contribution in [1.82, 2.24) is 15.1 Å². The summed E-state index contributed by atoms with van der Waals surface area (Å²) in [5.41, 5.74) is 2.69. The molecule has 2 heterocycles. The molecule has 0 aliphatic carbocycles. The van der Waals surface area contributed by atoms with Crippen LogP contribution in [0.1, 0.15) is 17.3 Å². The Balaban J connectivity index is 1.54. The third-order valence-electron chi connectivity index (χ3n) is 6.10. The molecule has 4 rings (SSSR count). The molecule has 2 N–H and O–H groups in total. The van der Waals surface area contributed by atoms with Crippen LogP contribution in [-0.2, 0) is 9.59 Å². The standard InChI is InChI=1S/C24H28N4O4S/c1-16-12-27(24(31)22-13-33-15-26-22)9-10-28(16)23(30)20-11-18(5-8-21(20)25-14-29)17-3-6-19(32-2)7-4-17/h3-8,11,14,16,22,26H,9-10,12-13,15H2,1-2H3,(H,25,29)/t16?,22-/m0/s1. The van der Waals surface area contributed by atoms with Crippen LogP contribution in [0.5, 0.6) is 5.75 Å². The summed E-state index contributed by atoms with van der Waals surface area (Å²) in [7, 11) is 1.61. The first kappa shape index (κ1) is 23.1. The summed E-state index contributed by atoms with van der Waals surface area (Å²) in [6.07, 6.45) is 0.575. The summed E-state index contributed by atoms with van der Waals surface area (Å²) in [6, 6.07) is 12.7. The molecule has 0 spiro atoms. The molecule has 2 aliphatic heterocycles. The van der Waals surface area contributed by atoms with E-state index in [1.165, 1.54) is 0 Å². The lowest BCUT2D eigenvalue weighted by Crippen LogP contribution is -2.58. The van der Waals surface area contributed by atoms with Gasteiger partial charge in [0, 0.05) is 37.3 Å². The van der Waals surface area contributed by atoms with E-state index in [0.717, 1.165) is 28.5 Å². The van der Waals surface area contributed by atoms with Gasteiger partial charge in [0.1, 0.15) is 5.75 Å². The number of ether oxygens (including phenoxy) is 1. The zero-order valence-electron chi connectivity index (χ0n) is 18.7. The SMILES string of the molecule is COc1ccc(-c2ccc(NC=O)c(C(=O)N3CCN(C(=O)[C@@H]4CSCN4)CC3C)c2)cc1. The van der Waals surface area contributed by atoms with E-state index in [2.05, 4.69) is 10.6 Å². The maximum absolute atomic E-state index is 13.6. The minimum Gasteiger partial charge on any atom is -0.497 e. The van der Waals surface area contributed by atoms with Gasteiger partial charge in [-0.1, -0.05) is 18.2 Å². The number of hydrogen-bond acceptors (Lipinski definition) is 6. The van der Waals surface area contributed by atoms with Crippen LogP contribution in [0.15, 0.2) is 42.5 Å².